The number of hydrogen-bond acceptors (Lipinski definition) is 2. The lowest BCUT2D eigenvalue weighted by molar-refractivity contribution is -0.110. The van der Waals surface area contributed by atoms with Gasteiger partial charge in [0.05, 0.1) is 11.3 Å². The summed E-state index contributed by atoms with van der Waals surface area (Å²) in [4.78, 5) is 27.8. The molecule has 2 aromatic carbocycles. The van der Waals surface area contributed by atoms with E-state index in [1.54, 1.807) is 6.20 Å². The van der Waals surface area contributed by atoms with Gasteiger partial charge in [0.2, 0.25) is 11.6 Å². The van der Waals surface area contributed by atoms with Crippen LogP contribution in [0.15, 0.2) is 72.9 Å². The van der Waals surface area contributed by atoms with Gasteiger partial charge in [-0.05, 0) is 17.2 Å². The summed E-state index contributed by atoms with van der Waals surface area (Å²) >= 11 is 0. The van der Waals surface area contributed by atoms with E-state index in [2.05, 4.69) is 4.98 Å². The number of H-pyrrole nitrogens is 1. The van der Waals surface area contributed by atoms with Gasteiger partial charge in [-0.1, -0.05) is 60.7 Å². The number of fused-ring (bicyclic) bond motifs is 1. The van der Waals surface area contributed by atoms with E-state index in [0.717, 1.165) is 22.3 Å². The Labute approximate surface area is 133 Å². The molecule has 110 valence electrons. The van der Waals surface area contributed by atoms with Gasteiger partial charge in [0, 0.05) is 17.3 Å². The molecule has 0 saturated carbocycles. The Morgan fingerprint density at radius 3 is 2.00 bits per heavy atom. The fourth-order valence-corrected chi connectivity index (χ4v) is 2.95. The van der Waals surface area contributed by atoms with Crippen molar-refractivity contribution in [3.05, 3.63) is 89.8 Å². The maximum Gasteiger partial charge on any atom is 0.235 e. The quantitative estimate of drug-likeness (QED) is 0.730. The molecule has 0 atom stereocenters. The number of rotatable bonds is 2. The van der Waals surface area contributed by atoms with Crippen LogP contribution < -0.4 is 0 Å². The van der Waals surface area contributed by atoms with Crippen molar-refractivity contribution in [3.8, 4) is 11.1 Å². The van der Waals surface area contributed by atoms with Crippen molar-refractivity contribution in [1.82, 2.24) is 4.98 Å². The maximum atomic E-state index is 12.4. The highest BCUT2D eigenvalue weighted by Gasteiger charge is 2.30. The minimum atomic E-state index is -0.479. The van der Waals surface area contributed by atoms with Crippen LogP contribution >= 0.6 is 0 Å². The Hall–Kier alpha value is -3.20. The minimum Gasteiger partial charge on any atom is -0.360 e. The molecule has 1 aromatic heterocycles. The van der Waals surface area contributed by atoms with Crippen molar-refractivity contribution in [2.75, 3.05) is 0 Å². The monoisotopic (exact) mass is 299 g/mol. The third-order valence-corrected chi connectivity index (χ3v) is 4.05. The van der Waals surface area contributed by atoms with Crippen molar-refractivity contribution >= 4 is 17.1 Å². The van der Waals surface area contributed by atoms with Crippen LogP contribution in [0.5, 0.6) is 0 Å². The fourth-order valence-electron chi connectivity index (χ4n) is 2.95. The first-order valence-corrected chi connectivity index (χ1v) is 7.38. The summed E-state index contributed by atoms with van der Waals surface area (Å²) in [7, 11) is 0. The molecule has 23 heavy (non-hydrogen) atoms. The highest BCUT2D eigenvalue weighted by atomic mass is 16.2. The van der Waals surface area contributed by atoms with Crippen molar-refractivity contribution in [1.29, 1.82) is 0 Å². The topological polar surface area (TPSA) is 49.9 Å². The Morgan fingerprint density at radius 1 is 0.739 bits per heavy atom. The van der Waals surface area contributed by atoms with E-state index in [1.807, 2.05) is 60.7 Å². The lowest BCUT2D eigenvalue weighted by atomic mass is 9.87. The molecule has 0 saturated heterocycles. The van der Waals surface area contributed by atoms with Gasteiger partial charge in [0.25, 0.3) is 0 Å². The average molecular weight is 299 g/mol. The highest BCUT2D eigenvalue weighted by molar-refractivity contribution is 6.51. The number of allylic oxidation sites excluding steroid dienone is 1. The first-order chi connectivity index (χ1) is 11.3. The first kappa shape index (κ1) is 13.5. The lowest BCUT2D eigenvalue weighted by Crippen LogP contribution is -2.18. The van der Waals surface area contributed by atoms with E-state index >= 15 is 0 Å². The molecule has 0 radical (unpaired) electrons. The largest absolute Gasteiger partial charge is 0.360 e. The molecular weight excluding hydrogens is 286 g/mol. The van der Waals surface area contributed by atoms with Crippen LogP contribution in [0.2, 0.25) is 0 Å². The summed E-state index contributed by atoms with van der Waals surface area (Å²) in [5.74, 6) is -0.937. The Kier molecular flexibility index (Phi) is 3.05. The number of benzene rings is 2. The van der Waals surface area contributed by atoms with Gasteiger partial charge in [-0.2, -0.15) is 0 Å². The number of nitrogens with one attached hydrogen (secondary N) is 1. The van der Waals surface area contributed by atoms with Gasteiger partial charge in [0.15, 0.2) is 0 Å². The number of aromatic nitrogens is 1. The standard InChI is InChI=1S/C20H13NO2/c22-17-11-15(13-7-3-1-4-8-13)19-18(20(17)23)16(12-21-19)14-9-5-2-6-10-14/h1-12,21H. The molecule has 0 bridgehead atoms. The zero-order valence-electron chi connectivity index (χ0n) is 12.2. The summed E-state index contributed by atoms with van der Waals surface area (Å²) in [6, 6.07) is 19.2. The Balaban J connectivity index is 1.94. The molecule has 0 unspecified atom stereocenters. The molecule has 1 heterocycles. The number of carbonyl (C=O) groups excluding carboxylic acids is 2. The van der Waals surface area contributed by atoms with E-state index in [9.17, 15) is 9.59 Å². The van der Waals surface area contributed by atoms with Crippen molar-refractivity contribution < 1.29 is 9.59 Å². The van der Waals surface area contributed by atoms with E-state index in [4.69, 9.17) is 0 Å². The third-order valence-electron chi connectivity index (χ3n) is 4.05. The van der Waals surface area contributed by atoms with E-state index < -0.39 is 11.6 Å². The molecule has 0 fully saturated rings. The molecule has 3 aromatic rings. The second-order valence-corrected chi connectivity index (χ2v) is 5.44. The summed E-state index contributed by atoms with van der Waals surface area (Å²) in [5, 5.41) is 0. The Bertz CT molecular complexity index is 934. The maximum absolute atomic E-state index is 12.4. The molecule has 0 spiro atoms. The minimum absolute atomic E-state index is 0.459. The van der Waals surface area contributed by atoms with Gasteiger partial charge in [-0.25, -0.2) is 0 Å². The number of hydrogen-bond donors (Lipinski definition) is 1. The fraction of sp³-hybridized carbons (Fsp3) is 0. The zero-order chi connectivity index (χ0) is 15.8. The number of ketones is 2. The lowest BCUT2D eigenvalue weighted by Gasteiger charge is -2.14. The van der Waals surface area contributed by atoms with Crippen LogP contribution in [0.1, 0.15) is 21.6 Å². The molecule has 0 amide bonds. The second kappa shape index (κ2) is 5.21. The van der Waals surface area contributed by atoms with Crippen molar-refractivity contribution in [2.45, 2.75) is 0 Å². The molecular formula is C20H13NO2. The van der Waals surface area contributed by atoms with E-state index in [1.165, 1.54) is 6.08 Å². The molecule has 3 heteroatoms. The van der Waals surface area contributed by atoms with E-state index in [0.29, 0.717) is 11.3 Å². The van der Waals surface area contributed by atoms with E-state index in [-0.39, 0.29) is 0 Å². The molecule has 1 aliphatic rings. The van der Waals surface area contributed by atoms with Crippen LogP contribution in [0, 0.1) is 0 Å². The van der Waals surface area contributed by atoms with Gasteiger partial charge in [0.1, 0.15) is 0 Å². The normalized spacial score (nSPS) is 13.7. The number of carbonyl (C=O) groups is 2. The molecule has 4 rings (SSSR count). The average Bonchev–Trinajstić information content (AvgIpc) is 3.05. The van der Waals surface area contributed by atoms with Crippen LogP contribution in [0.3, 0.4) is 0 Å². The van der Waals surface area contributed by atoms with Crippen LogP contribution in [0.25, 0.3) is 16.7 Å². The number of Topliss-reactive ketones (excluding diaryl/α,β-unsaturated/α-hetero) is 1. The van der Waals surface area contributed by atoms with Crippen LogP contribution in [0.4, 0.5) is 0 Å². The van der Waals surface area contributed by atoms with Gasteiger partial charge in [-0.15, -0.1) is 0 Å². The third kappa shape index (κ3) is 2.14. The zero-order valence-corrected chi connectivity index (χ0v) is 12.2. The van der Waals surface area contributed by atoms with Crippen LogP contribution in [-0.4, -0.2) is 16.6 Å². The summed E-state index contributed by atoms with van der Waals surface area (Å²) in [6.45, 7) is 0. The van der Waals surface area contributed by atoms with Gasteiger partial charge < -0.3 is 4.98 Å². The highest BCUT2D eigenvalue weighted by Crippen LogP contribution is 2.35. The molecule has 1 aliphatic carbocycles. The molecule has 1 N–H and O–H groups in total. The SMILES string of the molecule is O=C1C=C(c2ccccc2)c2[nH]cc(-c3ccccc3)c2C1=O. The van der Waals surface area contributed by atoms with Crippen molar-refractivity contribution in [2.24, 2.45) is 0 Å². The van der Waals surface area contributed by atoms with Crippen LogP contribution in [-0.2, 0) is 4.79 Å². The first-order valence-electron chi connectivity index (χ1n) is 7.38. The Morgan fingerprint density at radius 2 is 1.35 bits per heavy atom. The molecule has 3 nitrogen and oxygen atoms in total. The molecule has 0 aliphatic heterocycles. The summed E-state index contributed by atoms with van der Waals surface area (Å²) in [5.41, 5.74) is 4.52. The summed E-state index contributed by atoms with van der Waals surface area (Å²) in [6.07, 6.45) is 3.22. The predicted molar refractivity (Wildman–Crippen MR) is 89.1 cm³/mol. The smallest absolute Gasteiger partial charge is 0.235 e. The number of aromatic amines is 1. The summed E-state index contributed by atoms with van der Waals surface area (Å²) < 4.78 is 0. The van der Waals surface area contributed by atoms with Gasteiger partial charge >= 0.3 is 0 Å². The van der Waals surface area contributed by atoms with Gasteiger partial charge in [-0.3, -0.25) is 9.59 Å². The predicted octanol–water partition coefficient (Wildman–Crippen LogP) is 3.88. The second-order valence-electron chi connectivity index (χ2n) is 5.44. The van der Waals surface area contributed by atoms with Crippen molar-refractivity contribution in [3.63, 3.8) is 0 Å².